The number of fused-ring (bicyclic) bond motifs is 1. The summed E-state index contributed by atoms with van der Waals surface area (Å²) in [6.45, 7) is 0. The predicted molar refractivity (Wildman–Crippen MR) is 60.1 cm³/mol. The van der Waals surface area contributed by atoms with Gasteiger partial charge in [-0.25, -0.2) is 4.98 Å². The summed E-state index contributed by atoms with van der Waals surface area (Å²) in [5.41, 5.74) is 0. The molecule has 0 saturated heterocycles. The minimum Gasteiger partial charge on any atom is -0.497 e. The molecule has 0 spiro atoms. The van der Waals surface area contributed by atoms with E-state index in [1.165, 1.54) is 10.8 Å². The van der Waals surface area contributed by atoms with Crippen molar-refractivity contribution in [3.8, 4) is 5.75 Å². The van der Waals surface area contributed by atoms with Gasteiger partial charge in [0.15, 0.2) is 0 Å². The van der Waals surface area contributed by atoms with Gasteiger partial charge >= 0.3 is 0 Å². The number of ether oxygens (including phenoxy) is 1. The SMILES string of the molecule is COc1ccc2c(SC)nccc2c1. The van der Waals surface area contributed by atoms with Crippen LogP contribution < -0.4 is 4.74 Å². The van der Waals surface area contributed by atoms with Gasteiger partial charge < -0.3 is 4.74 Å². The van der Waals surface area contributed by atoms with Crippen LogP contribution in [0, 0.1) is 0 Å². The van der Waals surface area contributed by atoms with Gasteiger partial charge in [0.2, 0.25) is 0 Å². The van der Waals surface area contributed by atoms with E-state index in [0.29, 0.717) is 0 Å². The summed E-state index contributed by atoms with van der Waals surface area (Å²) >= 11 is 1.66. The fraction of sp³-hybridized carbons (Fsp3) is 0.182. The summed E-state index contributed by atoms with van der Waals surface area (Å²) in [6, 6.07) is 8.03. The average Bonchev–Trinajstić information content (AvgIpc) is 2.27. The van der Waals surface area contributed by atoms with Gasteiger partial charge in [-0.1, -0.05) is 0 Å². The first-order chi connectivity index (χ1) is 6.85. The van der Waals surface area contributed by atoms with E-state index >= 15 is 0 Å². The number of pyridine rings is 1. The van der Waals surface area contributed by atoms with Crippen molar-refractivity contribution in [2.45, 2.75) is 5.03 Å². The quantitative estimate of drug-likeness (QED) is 0.704. The Morgan fingerprint density at radius 3 is 2.86 bits per heavy atom. The van der Waals surface area contributed by atoms with E-state index in [9.17, 15) is 0 Å². The molecule has 2 rings (SSSR count). The van der Waals surface area contributed by atoms with Crippen LogP contribution in [0.15, 0.2) is 35.5 Å². The zero-order valence-corrected chi connectivity index (χ0v) is 8.97. The summed E-state index contributed by atoms with van der Waals surface area (Å²) in [4.78, 5) is 4.30. The third-order valence-electron chi connectivity index (χ3n) is 2.13. The van der Waals surface area contributed by atoms with E-state index in [2.05, 4.69) is 4.98 Å². The number of nitrogens with zero attached hydrogens (tertiary/aromatic N) is 1. The highest BCUT2D eigenvalue weighted by molar-refractivity contribution is 7.98. The lowest BCUT2D eigenvalue weighted by atomic mass is 10.2. The minimum absolute atomic E-state index is 0.885. The summed E-state index contributed by atoms with van der Waals surface area (Å²) in [5.74, 6) is 0.885. The maximum absolute atomic E-state index is 5.17. The molecule has 3 heteroatoms. The molecular formula is C11H11NOS. The molecule has 2 aromatic rings. The van der Waals surface area contributed by atoms with Gasteiger partial charge in [-0.05, 0) is 35.9 Å². The molecule has 0 bridgehead atoms. The molecule has 0 unspecified atom stereocenters. The number of hydrogen-bond acceptors (Lipinski definition) is 3. The van der Waals surface area contributed by atoms with Crippen molar-refractivity contribution >= 4 is 22.5 Å². The maximum Gasteiger partial charge on any atom is 0.119 e. The average molecular weight is 205 g/mol. The van der Waals surface area contributed by atoms with E-state index in [4.69, 9.17) is 4.74 Å². The molecule has 0 fully saturated rings. The third kappa shape index (κ3) is 1.55. The first-order valence-corrected chi connectivity index (χ1v) is 5.54. The van der Waals surface area contributed by atoms with Gasteiger partial charge in [-0.15, -0.1) is 11.8 Å². The lowest BCUT2D eigenvalue weighted by molar-refractivity contribution is 0.415. The molecule has 0 atom stereocenters. The van der Waals surface area contributed by atoms with E-state index in [0.717, 1.165) is 10.8 Å². The van der Waals surface area contributed by atoms with Crippen LogP contribution in [0.25, 0.3) is 10.8 Å². The number of hydrogen-bond donors (Lipinski definition) is 0. The zero-order valence-electron chi connectivity index (χ0n) is 8.15. The van der Waals surface area contributed by atoms with Crippen molar-refractivity contribution in [1.82, 2.24) is 4.98 Å². The molecule has 1 aromatic carbocycles. The largest absolute Gasteiger partial charge is 0.497 e. The van der Waals surface area contributed by atoms with Crippen LogP contribution in [0.4, 0.5) is 0 Å². The monoisotopic (exact) mass is 205 g/mol. The first-order valence-electron chi connectivity index (χ1n) is 4.32. The highest BCUT2D eigenvalue weighted by Crippen LogP contribution is 2.26. The van der Waals surface area contributed by atoms with Crippen LogP contribution in [0.2, 0.25) is 0 Å². The molecule has 0 N–H and O–H groups in total. The van der Waals surface area contributed by atoms with Gasteiger partial charge in [0.25, 0.3) is 0 Å². The number of aromatic nitrogens is 1. The van der Waals surface area contributed by atoms with Crippen LogP contribution in [0.1, 0.15) is 0 Å². The zero-order chi connectivity index (χ0) is 9.97. The maximum atomic E-state index is 5.17. The van der Waals surface area contributed by atoms with Crippen LogP contribution in [0.5, 0.6) is 5.75 Å². The topological polar surface area (TPSA) is 22.1 Å². The number of rotatable bonds is 2. The minimum atomic E-state index is 0.885. The van der Waals surface area contributed by atoms with Gasteiger partial charge in [0.05, 0.1) is 7.11 Å². The van der Waals surface area contributed by atoms with E-state index in [-0.39, 0.29) is 0 Å². The smallest absolute Gasteiger partial charge is 0.119 e. The van der Waals surface area contributed by atoms with E-state index in [1.54, 1.807) is 18.9 Å². The molecule has 0 aliphatic heterocycles. The molecule has 0 radical (unpaired) electrons. The molecule has 0 aliphatic carbocycles. The lowest BCUT2D eigenvalue weighted by Gasteiger charge is -2.04. The normalized spacial score (nSPS) is 10.4. The molecule has 1 heterocycles. The van der Waals surface area contributed by atoms with Crippen molar-refractivity contribution < 1.29 is 4.74 Å². The number of benzene rings is 1. The van der Waals surface area contributed by atoms with Crippen LogP contribution >= 0.6 is 11.8 Å². The molecule has 0 amide bonds. The van der Waals surface area contributed by atoms with Crippen molar-refractivity contribution in [3.05, 3.63) is 30.5 Å². The third-order valence-corrected chi connectivity index (χ3v) is 2.84. The van der Waals surface area contributed by atoms with Crippen LogP contribution in [0.3, 0.4) is 0 Å². The summed E-state index contributed by atoms with van der Waals surface area (Å²) in [6.07, 6.45) is 3.86. The molecule has 0 saturated carbocycles. The van der Waals surface area contributed by atoms with Gasteiger partial charge in [-0.2, -0.15) is 0 Å². The Kier molecular flexibility index (Phi) is 2.59. The van der Waals surface area contributed by atoms with Crippen molar-refractivity contribution in [3.63, 3.8) is 0 Å². The molecule has 2 nitrogen and oxygen atoms in total. The standard InChI is InChI=1S/C11H11NOS/c1-13-9-3-4-10-8(7-9)5-6-12-11(10)14-2/h3-7H,1-2H3. The molecule has 0 aliphatic rings. The van der Waals surface area contributed by atoms with Gasteiger partial charge in [0, 0.05) is 11.6 Å². The van der Waals surface area contributed by atoms with Crippen molar-refractivity contribution in [1.29, 1.82) is 0 Å². The fourth-order valence-corrected chi connectivity index (χ4v) is 1.99. The second-order valence-corrected chi connectivity index (χ2v) is 3.70. The second-order valence-electron chi connectivity index (χ2n) is 2.91. The Hall–Kier alpha value is -1.22. The Bertz CT molecular complexity index is 456. The summed E-state index contributed by atoms with van der Waals surface area (Å²) in [7, 11) is 1.68. The number of thioether (sulfide) groups is 1. The Morgan fingerprint density at radius 1 is 1.29 bits per heavy atom. The fourth-order valence-electron chi connectivity index (χ4n) is 1.42. The Morgan fingerprint density at radius 2 is 2.14 bits per heavy atom. The summed E-state index contributed by atoms with van der Waals surface area (Å²) < 4.78 is 5.17. The lowest BCUT2D eigenvalue weighted by Crippen LogP contribution is -1.85. The highest BCUT2D eigenvalue weighted by atomic mass is 32.2. The Labute approximate surface area is 87.3 Å². The Balaban J connectivity index is 2.67. The molecule has 72 valence electrons. The summed E-state index contributed by atoms with van der Waals surface area (Å²) in [5, 5.41) is 3.41. The molecule has 1 aromatic heterocycles. The predicted octanol–water partition coefficient (Wildman–Crippen LogP) is 2.97. The van der Waals surface area contributed by atoms with Crippen LogP contribution in [-0.4, -0.2) is 18.3 Å². The van der Waals surface area contributed by atoms with Crippen molar-refractivity contribution in [2.75, 3.05) is 13.4 Å². The number of methoxy groups -OCH3 is 1. The van der Waals surface area contributed by atoms with Crippen LogP contribution in [-0.2, 0) is 0 Å². The van der Waals surface area contributed by atoms with Gasteiger partial charge in [0.1, 0.15) is 10.8 Å². The molecule has 14 heavy (non-hydrogen) atoms. The first kappa shape index (κ1) is 9.34. The van der Waals surface area contributed by atoms with E-state index in [1.807, 2.05) is 36.7 Å². The van der Waals surface area contributed by atoms with Gasteiger partial charge in [-0.3, -0.25) is 0 Å². The van der Waals surface area contributed by atoms with Crippen molar-refractivity contribution in [2.24, 2.45) is 0 Å². The highest BCUT2D eigenvalue weighted by Gasteiger charge is 2.01. The van der Waals surface area contributed by atoms with E-state index < -0.39 is 0 Å². The molecular weight excluding hydrogens is 194 g/mol. The second kappa shape index (κ2) is 3.88.